The van der Waals surface area contributed by atoms with Gasteiger partial charge in [0.15, 0.2) is 0 Å². The van der Waals surface area contributed by atoms with Crippen molar-refractivity contribution in [2.45, 2.75) is 19.6 Å². The predicted molar refractivity (Wildman–Crippen MR) is 108 cm³/mol. The molecule has 2 aromatic carbocycles. The van der Waals surface area contributed by atoms with Crippen LogP contribution >= 0.6 is 0 Å². The van der Waals surface area contributed by atoms with Gasteiger partial charge in [0.1, 0.15) is 6.23 Å². The van der Waals surface area contributed by atoms with E-state index in [0.717, 1.165) is 56.8 Å². The van der Waals surface area contributed by atoms with Gasteiger partial charge in [-0.05, 0) is 41.8 Å². The number of hydrogen-bond donors (Lipinski definition) is 2. The maximum absolute atomic E-state index is 10.5. The van der Waals surface area contributed by atoms with E-state index in [2.05, 4.69) is 65.5 Å². The molecule has 0 aromatic heterocycles. The van der Waals surface area contributed by atoms with Crippen molar-refractivity contribution in [1.29, 1.82) is 0 Å². The molecular weight excluding hydrogens is 322 g/mol. The minimum absolute atomic E-state index is 0.628. The van der Waals surface area contributed by atoms with Crippen molar-refractivity contribution in [1.82, 2.24) is 15.1 Å². The van der Waals surface area contributed by atoms with Gasteiger partial charge in [0.05, 0.1) is 0 Å². The van der Waals surface area contributed by atoms with Gasteiger partial charge in [-0.1, -0.05) is 49.4 Å². The number of rotatable bonds is 7. The molecule has 1 fully saturated rings. The SMILES string of the molecule is CCc1cccc(-c2cccc(C(O)NCCN3CCN(C)CC3)c2)c1. The van der Waals surface area contributed by atoms with Gasteiger partial charge < -0.3 is 10.0 Å². The lowest BCUT2D eigenvalue weighted by atomic mass is 10.00. The Bertz CT molecular complexity index is 695. The van der Waals surface area contributed by atoms with Crippen LogP contribution in [0.4, 0.5) is 0 Å². The molecule has 26 heavy (non-hydrogen) atoms. The Morgan fingerprint density at radius 3 is 2.42 bits per heavy atom. The summed E-state index contributed by atoms with van der Waals surface area (Å²) in [7, 11) is 2.17. The van der Waals surface area contributed by atoms with Gasteiger partial charge in [0.25, 0.3) is 0 Å². The van der Waals surface area contributed by atoms with Crippen LogP contribution in [0.5, 0.6) is 0 Å². The molecule has 0 spiro atoms. The number of piperazine rings is 1. The number of likely N-dealkylation sites (N-methyl/N-ethyl adjacent to an activating group) is 1. The molecule has 1 aliphatic rings. The van der Waals surface area contributed by atoms with E-state index >= 15 is 0 Å². The maximum atomic E-state index is 10.5. The van der Waals surface area contributed by atoms with E-state index in [1.165, 1.54) is 11.1 Å². The Morgan fingerprint density at radius 1 is 1.00 bits per heavy atom. The lowest BCUT2D eigenvalue weighted by Gasteiger charge is -2.32. The van der Waals surface area contributed by atoms with E-state index in [9.17, 15) is 5.11 Å². The van der Waals surface area contributed by atoms with Crippen molar-refractivity contribution in [3.05, 3.63) is 59.7 Å². The predicted octanol–water partition coefficient (Wildman–Crippen LogP) is 2.74. The summed E-state index contributed by atoms with van der Waals surface area (Å²) in [6.07, 6.45) is 0.404. The van der Waals surface area contributed by atoms with Crippen molar-refractivity contribution in [2.75, 3.05) is 46.3 Å². The highest BCUT2D eigenvalue weighted by Gasteiger charge is 2.14. The molecule has 2 N–H and O–H groups in total. The molecule has 2 aromatic rings. The topological polar surface area (TPSA) is 38.7 Å². The van der Waals surface area contributed by atoms with Crippen LogP contribution in [-0.2, 0) is 6.42 Å². The Balaban J connectivity index is 1.56. The standard InChI is InChI=1S/C22H31N3O/c1-3-18-6-4-7-19(16-18)20-8-5-9-21(17-20)22(26)23-10-11-25-14-12-24(2)13-15-25/h4-9,16-17,22-23,26H,3,10-15H2,1-2H3. The van der Waals surface area contributed by atoms with Crippen LogP contribution in [0.15, 0.2) is 48.5 Å². The molecule has 1 heterocycles. The fraction of sp³-hybridized carbons (Fsp3) is 0.455. The number of hydrogen-bond acceptors (Lipinski definition) is 4. The van der Waals surface area contributed by atoms with Crippen molar-refractivity contribution >= 4 is 0 Å². The zero-order valence-electron chi connectivity index (χ0n) is 16.0. The van der Waals surface area contributed by atoms with E-state index in [-0.39, 0.29) is 0 Å². The van der Waals surface area contributed by atoms with Crippen LogP contribution in [0.1, 0.15) is 24.3 Å². The summed E-state index contributed by atoms with van der Waals surface area (Å²) >= 11 is 0. The zero-order chi connectivity index (χ0) is 18.4. The maximum Gasteiger partial charge on any atom is 0.131 e. The van der Waals surface area contributed by atoms with Gasteiger partial charge >= 0.3 is 0 Å². The highest BCUT2D eigenvalue weighted by atomic mass is 16.3. The van der Waals surface area contributed by atoms with Crippen LogP contribution in [-0.4, -0.2) is 61.2 Å². The monoisotopic (exact) mass is 353 g/mol. The number of aryl methyl sites for hydroxylation is 1. The van der Waals surface area contributed by atoms with E-state index in [1.54, 1.807) is 0 Å². The van der Waals surface area contributed by atoms with Crippen LogP contribution < -0.4 is 5.32 Å². The summed E-state index contributed by atoms with van der Waals surface area (Å²) < 4.78 is 0. The Kier molecular flexibility index (Phi) is 6.80. The summed E-state index contributed by atoms with van der Waals surface area (Å²) in [5.74, 6) is 0. The fourth-order valence-corrected chi connectivity index (χ4v) is 3.41. The van der Waals surface area contributed by atoms with Gasteiger partial charge in [-0.15, -0.1) is 0 Å². The molecule has 0 aliphatic carbocycles. The lowest BCUT2D eigenvalue weighted by molar-refractivity contribution is 0.119. The second kappa shape index (κ2) is 9.28. The largest absolute Gasteiger partial charge is 0.374 e. The number of benzene rings is 2. The molecule has 4 nitrogen and oxygen atoms in total. The summed E-state index contributed by atoms with van der Waals surface area (Å²) in [4.78, 5) is 4.81. The molecule has 0 amide bonds. The van der Waals surface area contributed by atoms with Crippen LogP contribution in [0.2, 0.25) is 0 Å². The summed E-state index contributed by atoms with van der Waals surface area (Å²) in [5.41, 5.74) is 4.61. The Morgan fingerprint density at radius 2 is 1.69 bits per heavy atom. The molecule has 140 valence electrons. The first-order valence-corrected chi connectivity index (χ1v) is 9.67. The number of nitrogens with one attached hydrogen (secondary N) is 1. The van der Waals surface area contributed by atoms with Crippen molar-refractivity contribution in [3.8, 4) is 11.1 Å². The molecule has 1 atom stereocenters. The third-order valence-electron chi connectivity index (χ3n) is 5.23. The molecule has 1 aliphatic heterocycles. The molecule has 3 rings (SSSR count). The first-order valence-electron chi connectivity index (χ1n) is 9.67. The third kappa shape index (κ3) is 5.15. The number of nitrogens with zero attached hydrogens (tertiary/aromatic N) is 2. The average Bonchev–Trinajstić information content (AvgIpc) is 2.69. The summed E-state index contributed by atoms with van der Waals surface area (Å²) in [6.45, 7) is 8.41. The fourth-order valence-electron chi connectivity index (χ4n) is 3.41. The highest BCUT2D eigenvalue weighted by molar-refractivity contribution is 5.65. The van der Waals surface area contributed by atoms with Crippen LogP contribution in [0.3, 0.4) is 0 Å². The molecule has 0 radical (unpaired) electrons. The molecule has 1 saturated heterocycles. The van der Waals surface area contributed by atoms with E-state index in [1.807, 2.05) is 12.1 Å². The Labute approximate surface area is 157 Å². The summed E-state index contributed by atoms with van der Waals surface area (Å²) in [5, 5.41) is 13.8. The summed E-state index contributed by atoms with van der Waals surface area (Å²) in [6, 6.07) is 16.8. The van der Waals surface area contributed by atoms with E-state index in [0.29, 0.717) is 0 Å². The lowest BCUT2D eigenvalue weighted by Crippen LogP contribution is -2.46. The second-order valence-corrected chi connectivity index (χ2v) is 7.18. The quantitative estimate of drug-likeness (QED) is 0.751. The number of aliphatic hydroxyl groups excluding tert-OH is 1. The van der Waals surface area contributed by atoms with Gasteiger partial charge in [0, 0.05) is 39.3 Å². The van der Waals surface area contributed by atoms with Crippen molar-refractivity contribution in [2.24, 2.45) is 0 Å². The smallest absolute Gasteiger partial charge is 0.131 e. The third-order valence-corrected chi connectivity index (χ3v) is 5.23. The Hall–Kier alpha value is -1.72. The first-order chi connectivity index (χ1) is 12.7. The van der Waals surface area contributed by atoms with Gasteiger partial charge in [-0.2, -0.15) is 0 Å². The van der Waals surface area contributed by atoms with Crippen molar-refractivity contribution < 1.29 is 5.11 Å². The first kappa shape index (κ1) is 19.1. The van der Waals surface area contributed by atoms with E-state index < -0.39 is 6.23 Å². The van der Waals surface area contributed by atoms with Gasteiger partial charge in [-0.25, -0.2) is 0 Å². The van der Waals surface area contributed by atoms with Gasteiger partial charge in [0.2, 0.25) is 0 Å². The van der Waals surface area contributed by atoms with Crippen LogP contribution in [0, 0.1) is 0 Å². The van der Waals surface area contributed by atoms with Crippen molar-refractivity contribution in [3.63, 3.8) is 0 Å². The second-order valence-electron chi connectivity index (χ2n) is 7.18. The minimum Gasteiger partial charge on any atom is -0.374 e. The normalized spacial score (nSPS) is 17.3. The van der Waals surface area contributed by atoms with Crippen LogP contribution in [0.25, 0.3) is 11.1 Å². The van der Waals surface area contributed by atoms with Gasteiger partial charge in [-0.3, -0.25) is 10.2 Å². The average molecular weight is 354 g/mol. The molecule has 0 bridgehead atoms. The number of aliphatic hydroxyl groups is 1. The molecule has 0 saturated carbocycles. The highest BCUT2D eigenvalue weighted by Crippen LogP contribution is 2.23. The molecular formula is C22H31N3O. The van der Waals surface area contributed by atoms with E-state index in [4.69, 9.17) is 0 Å². The molecule has 4 heteroatoms. The zero-order valence-corrected chi connectivity index (χ0v) is 16.0. The minimum atomic E-state index is -0.628. The molecule has 1 unspecified atom stereocenters.